The third kappa shape index (κ3) is 3.03. The van der Waals surface area contributed by atoms with E-state index in [-0.39, 0.29) is 0 Å². The van der Waals surface area contributed by atoms with E-state index in [1.54, 1.807) is 0 Å². The monoisotopic (exact) mass is 224 g/mol. The summed E-state index contributed by atoms with van der Waals surface area (Å²) >= 11 is 1.82. The van der Waals surface area contributed by atoms with E-state index < -0.39 is 0 Å². The molecule has 1 aliphatic rings. The highest BCUT2D eigenvalue weighted by molar-refractivity contribution is 7.09. The fourth-order valence-corrected chi connectivity index (χ4v) is 3.16. The largest absolute Gasteiger partial charge is 0.330 e. The predicted molar refractivity (Wildman–Crippen MR) is 65.9 cm³/mol. The molecule has 1 aromatic heterocycles. The van der Waals surface area contributed by atoms with E-state index >= 15 is 0 Å². The summed E-state index contributed by atoms with van der Waals surface area (Å²) in [5.74, 6) is 1.58. The van der Waals surface area contributed by atoms with Crippen LogP contribution in [0.25, 0.3) is 0 Å². The molecule has 1 saturated carbocycles. The first kappa shape index (κ1) is 11.1. The van der Waals surface area contributed by atoms with E-state index in [4.69, 9.17) is 5.73 Å². The number of rotatable bonds is 5. The van der Waals surface area contributed by atoms with Crippen LogP contribution in [0.15, 0.2) is 17.5 Å². The van der Waals surface area contributed by atoms with E-state index in [9.17, 15) is 0 Å². The molecule has 0 spiro atoms. The molecule has 3 N–H and O–H groups in total. The van der Waals surface area contributed by atoms with Crippen molar-refractivity contribution in [2.45, 2.75) is 25.8 Å². The zero-order valence-electron chi connectivity index (χ0n) is 9.11. The molecule has 0 radical (unpaired) electrons. The van der Waals surface area contributed by atoms with Gasteiger partial charge in [-0.25, -0.2) is 0 Å². The lowest BCUT2D eigenvalue weighted by Crippen LogP contribution is -2.28. The normalized spacial score (nSPS) is 25.9. The predicted octanol–water partition coefficient (Wildman–Crippen LogP) is 2.21. The van der Waals surface area contributed by atoms with Gasteiger partial charge in [0.05, 0.1) is 0 Å². The molecule has 0 bridgehead atoms. The van der Waals surface area contributed by atoms with Crippen LogP contribution in [0.5, 0.6) is 0 Å². The molecule has 0 amide bonds. The lowest BCUT2D eigenvalue weighted by Gasteiger charge is -2.17. The van der Waals surface area contributed by atoms with Crippen LogP contribution in [0, 0.1) is 11.8 Å². The van der Waals surface area contributed by atoms with Crippen LogP contribution >= 0.6 is 11.3 Å². The van der Waals surface area contributed by atoms with Crippen molar-refractivity contribution in [3.8, 4) is 0 Å². The average molecular weight is 224 g/mol. The molecule has 0 saturated heterocycles. The van der Waals surface area contributed by atoms with Crippen molar-refractivity contribution in [2.24, 2.45) is 17.6 Å². The summed E-state index contributed by atoms with van der Waals surface area (Å²) < 4.78 is 0. The number of nitrogens with one attached hydrogen (secondary N) is 1. The fraction of sp³-hybridized carbons (Fsp3) is 0.667. The minimum atomic E-state index is 0.765. The average Bonchev–Trinajstić information content (AvgIpc) is 2.88. The van der Waals surface area contributed by atoms with Gasteiger partial charge in [-0.2, -0.15) is 0 Å². The molecule has 2 nitrogen and oxygen atoms in total. The molecular weight excluding hydrogens is 204 g/mol. The molecule has 2 unspecified atom stereocenters. The summed E-state index contributed by atoms with van der Waals surface area (Å²) in [5.41, 5.74) is 5.76. The van der Waals surface area contributed by atoms with E-state index in [1.165, 1.54) is 24.1 Å². The number of hydrogen-bond donors (Lipinski definition) is 2. The van der Waals surface area contributed by atoms with E-state index in [0.29, 0.717) is 0 Å². The Bertz CT molecular complexity index is 271. The molecule has 1 aromatic rings. The van der Waals surface area contributed by atoms with Crippen molar-refractivity contribution in [2.75, 3.05) is 13.1 Å². The quantitative estimate of drug-likeness (QED) is 0.805. The van der Waals surface area contributed by atoms with Gasteiger partial charge in [0, 0.05) is 11.4 Å². The Labute approximate surface area is 95.9 Å². The Morgan fingerprint density at radius 3 is 3.00 bits per heavy atom. The van der Waals surface area contributed by atoms with Gasteiger partial charge < -0.3 is 11.1 Å². The summed E-state index contributed by atoms with van der Waals surface area (Å²) in [6.45, 7) is 3.02. The van der Waals surface area contributed by atoms with E-state index in [0.717, 1.165) is 31.5 Å². The molecular formula is C12H20N2S. The van der Waals surface area contributed by atoms with Crippen molar-refractivity contribution in [1.29, 1.82) is 0 Å². The second kappa shape index (κ2) is 5.64. The van der Waals surface area contributed by atoms with Gasteiger partial charge in [0.15, 0.2) is 0 Å². The number of hydrogen-bond acceptors (Lipinski definition) is 3. The van der Waals surface area contributed by atoms with Gasteiger partial charge in [0.1, 0.15) is 0 Å². The van der Waals surface area contributed by atoms with Gasteiger partial charge in [-0.05, 0) is 49.2 Å². The minimum Gasteiger partial charge on any atom is -0.330 e. The highest BCUT2D eigenvalue weighted by atomic mass is 32.1. The maximum atomic E-state index is 5.76. The van der Waals surface area contributed by atoms with Crippen LogP contribution in [0.3, 0.4) is 0 Å². The SMILES string of the molecule is NCC1CCCC1CNCc1cccs1. The van der Waals surface area contributed by atoms with Gasteiger partial charge in [0.2, 0.25) is 0 Å². The van der Waals surface area contributed by atoms with Gasteiger partial charge in [-0.3, -0.25) is 0 Å². The van der Waals surface area contributed by atoms with Crippen molar-refractivity contribution in [1.82, 2.24) is 5.32 Å². The van der Waals surface area contributed by atoms with Crippen LogP contribution < -0.4 is 11.1 Å². The molecule has 2 atom stereocenters. The molecule has 1 aliphatic carbocycles. The summed E-state index contributed by atoms with van der Waals surface area (Å²) in [4.78, 5) is 1.43. The zero-order chi connectivity index (χ0) is 10.5. The van der Waals surface area contributed by atoms with Crippen LogP contribution in [0.2, 0.25) is 0 Å². The maximum Gasteiger partial charge on any atom is 0.0299 e. The molecule has 2 rings (SSSR count). The first-order valence-corrected chi connectivity index (χ1v) is 6.71. The topological polar surface area (TPSA) is 38.0 Å². The Kier molecular flexibility index (Phi) is 4.18. The van der Waals surface area contributed by atoms with Crippen LogP contribution in [0.1, 0.15) is 24.1 Å². The Morgan fingerprint density at radius 2 is 2.27 bits per heavy atom. The second-order valence-corrected chi connectivity index (χ2v) is 5.43. The zero-order valence-corrected chi connectivity index (χ0v) is 9.93. The van der Waals surface area contributed by atoms with Gasteiger partial charge >= 0.3 is 0 Å². The smallest absolute Gasteiger partial charge is 0.0299 e. The summed E-state index contributed by atoms with van der Waals surface area (Å²) in [6.07, 6.45) is 4.06. The molecule has 3 heteroatoms. The first-order chi connectivity index (χ1) is 7.40. The molecule has 84 valence electrons. The van der Waals surface area contributed by atoms with Gasteiger partial charge in [-0.1, -0.05) is 12.5 Å². The summed E-state index contributed by atoms with van der Waals surface area (Å²) in [7, 11) is 0. The second-order valence-electron chi connectivity index (χ2n) is 4.40. The lowest BCUT2D eigenvalue weighted by atomic mass is 9.96. The molecule has 1 heterocycles. The van der Waals surface area contributed by atoms with Crippen molar-refractivity contribution in [3.63, 3.8) is 0 Å². The van der Waals surface area contributed by atoms with Crippen LogP contribution in [-0.4, -0.2) is 13.1 Å². The van der Waals surface area contributed by atoms with E-state index in [1.807, 2.05) is 11.3 Å². The lowest BCUT2D eigenvalue weighted by molar-refractivity contribution is 0.374. The Balaban J connectivity index is 1.69. The fourth-order valence-electron chi connectivity index (χ4n) is 2.49. The maximum absolute atomic E-state index is 5.76. The first-order valence-electron chi connectivity index (χ1n) is 5.83. The van der Waals surface area contributed by atoms with Crippen molar-refractivity contribution >= 4 is 11.3 Å². The summed E-state index contributed by atoms with van der Waals surface area (Å²) in [6, 6.07) is 4.30. The van der Waals surface area contributed by atoms with Crippen molar-refractivity contribution < 1.29 is 0 Å². The van der Waals surface area contributed by atoms with Gasteiger partial charge in [-0.15, -0.1) is 11.3 Å². The molecule has 15 heavy (non-hydrogen) atoms. The minimum absolute atomic E-state index is 0.765. The van der Waals surface area contributed by atoms with Crippen LogP contribution in [-0.2, 0) is 6.54 Å². The number of nitrogens with two attached hydrogens (primary N) is 1. The highest BCUT2D eigenvalue weighted by Gasteiger charge is 2.25. The van der Waals surface area contributed by atoms with Gasteiger partial charge in [0.25, 0.3) is 0 Å². The molecule has 0 aliphatic heterocycles. The molecule has 0 aromatic carbocycles. The highest BCUT2D eigenvalue weighted by Crippen LogP contribution is 2.30. The Hall–Kier alpha value is -0.380. The van der Waals surface area contributed by atoms with Crippen LogP contribution in [0.4, 0.5) is 0 Å². The standard InChI is InChI=1S/C12H20N2S/c13-7-10-3-1-4-11(10)8-14-9-12-5-2-6-15-12/h2,5-6,10-11,14H,1,3-4,7-9,13H2. The third-order valence-corrected chi connectivity index (χ3v) is 4.28. The Morgan fingerprint density at radius 1 is 1.40 bits per heavy atom. The third-order valence-electron chi connectivity index (χ3n) is 3.41. The summed E-state index contributed by atoms with van der Waals surface area (Å²) in [5, 5.41) is 5.68. The number of thiophene rings is 1. The van der Waals surface area contributed by atoms with E-state index in [2.05, 4.69) is 22.8 Å². The van der Waals surface area contributed by atoms with Crippen molar-refractivity contribution in [3.05, 3.63) is 22.4 Å². The molecule has 1 fully saturated rings.